The summed E-state index contributed by atoms with van der Waals surface area (Å²) in [6, 6.07) is 16.5. The summed E-state index contributed by atoms with van der Waals surface area (Å²) in [5.74, 6) is 1.33. The number of benzene rings is 2. The van der Waals surface area contributed by atoms with E-state index in [0.29, 0.717) is 36.4 Å². The van der Waals surface area contributed by atoms with Gasteiger partial charge < -0.3 is 18.8 Å². The Bertz CT molecular complexity index is 1290. The maximum absolute atomic E-state index is 12.1. The van der Waals surface area contributed by atoms with E-state index in [9.17, 15) is 10.1 Å². The highest BCUT2D eigenvalue weighted by molar-refractivity contribution is 5.96. The summed E-state index contributed by atoms with van der Waals surface area (Å²) in [4.78, 5) is 12.1. The third-order valence-corrected chi connectivity index (χ3v) is 7.54. The molecular weight excluding hydrogens is 454 g/mol. The molecule has 1 unspecified atom stereocenters. The Morgan fingerprint density at radius 1 is 1.06 bits per heavy atom. The summed E-state index contributed by atoms with van der Waals surface area (Å²) >= 11 is 0. The molecule has 1 aliphatic heterocycles. The van der Waals surface area contributed by atoms with Crippen molar-refractivity contribution in [2.75, 3.05) is 25.1 Å². The van der Waals surface area contributed by atoms with Crippen LogP contribution >= 0.6 is 0 Å². The minimum Gasteiger partial charge on any atom is -0.491 e. The van der Waals surface area contributed by atoms with Crippen LogP contribution in [0.2, 0.25) is 0 Å². The van der Waals surface area contributed by atoms with Gasteiger partial charge in [0.05, 0.1) is 29.5 Å². The summed E-state index contributed by atoms with van der Waals surface area (Å²) in [7, 11) is 0. The summed E-state index contributed by atoms with van der Waals surface area (Å²) in [5.41, 5.74) is 4.26. The molecular formula is C29H31N3O4. The van der Waals surface area contributed by atoms with Crippen LogP contribution in [-0.4, -0.2) is 36.6 Å². The topological polar surface area (TPSA) is 85.5 Å². The van der Waals surface area contributed by atoms with Gasteiger partial charge in [0.15, 0.2) is 0 Å². The van der Waals surface area contributed by atoms with Crippen molar-refractivity contribution in [3.05, 3.63) is 48.0 Å². The number of ether oxygens (including phenoxy) is 3. The number of hydrogen-bond donors (Lipinski definition) is 1. The Labute approximate surface area is 210 Å². The van der Waals surface area contributed by atoms with E-state index in [0.717, 1.165) is 73.0 Å². The molecule has 0 radical (unpaired) electrons. The smallest absolute Gasteiger partial charge is 0.411 e. The number of nitrogens with one attached hydrogen (secondary N) is 1. The Hall–Kier alpha value is -3.50. The van der Waals surface area contributed by atoms with Crippen molar-refractivity contribution < 1.29 is 19.0 Å². The lowest BCUT2D eigenvalue weighted by atomic mass is 9.92. The molecule has 1 aromatic heterocycles. The molecule has 3 aliphatic rings. The highest BCUT2D eigenvalue weighted by Crippen LogP contribution is 2.43. The number of hydrogen-bond acceptors (Lipinski definition) is 5. The number of nitrogens with zero attached hydrogens (tertiary/aromatic N) is 2. The zero-order valence-electron chi connectivity index (χ0n) is 20.4. The first-order valence-corrected chi connectivity index (χ1v) is 13.1. The Balaban J connectivity index is 1.29. The van der Waals surface area contributed by atoms with Crippen molar-refractivity contribution in [1.29, 1.82) is 5.26 Å². The fourth-order valence-electron chi connectivity index (χ4n) is 5.11. The van der Waals surface area contributed by atoms with Gasteiger partial charge in [-0.3, -0.25) is 5.32 Å². The minimum atomic E-state index is -0.425. The Kier molecular flexibility index (Phi) is 6.28. The van der Waals surface area contributed by atoms with Gasteiger partial charge in [-0.1, -0.05) is 12.1 Å². The van der Waals surface area contributed by atoms with E-state index in [1.54, 1.807) is 0 Å². The molecule has 3 aromatic rings. The first kappa shape index (κ1) is 22.9. The predicted molar refractivity (Wildman–Crippen MR) is 137 cm³/mol. The predicted octanol–water partition coefficient (Wildman–Crippen LogP) is 6.42. The lowest BCUT2D eigenvalue weighted by Crippen LogP contribution is -2.18. The molecule has 7 heteroatoms. The van der Waals surface area contributed by atoms with E-state index in [1.165, 1.54) is 6.42 Å². The standard InChI is InChI=1S/C29H31N3O4/c30-16-26-25-13-12-23(35-18-24-5-2-14-34-24)15-27(25)32(22-3-1-4-22)28(26)20-8-10-21(11-9-20)31-29(33)36-17-19-6-7-19/h8-13,15,19,22,24H,1-7,14,17-18H2,(H,31,33). The molecule has 2 aromatic carbocycles. The third-order valence-electron chi connectivity index (χ3n) is 7.54. The van der Waals surface area contributed by atoms with Crippen LogP contribution in [0.15, 0.2) is 42.5 Å². The molecule has 2 saturated carbocycles. The van der Waals surface area contributed by atoms with Crippen molar-refractivity contribution >= 4 is 22.7 Å². The van der Waals surface area contributed by atoms with Gasteiger partial charge >= 0.3 is 6.09 Å². The largest absolute Gasteiger partial charge is 0.491 e. The second-order valence-electron chi connectivity index (χ2n) is 10.2. The van der Waals surface area contributed by atoms with Crippen LogP contribution in [0.4, 0.5) is 10.5 Å². The lowest BCUT2D eigenvalue weighted by molar-refractivity contribution is 0.0680. The zero-order chi connectivity index (χ0) is 24.5. The minimum absolute atomic E-state index is 0.155. The van der Waals surface area contributed by atoms with Crippen LogP contribution in [0.25, 0.3) is 22.2 Å². The van der Waals surface area contributed by atoms with Crippen molar-refractivity contribution in [2.45, 2.75) is 57.1 Å². The van der Waals surface area contributed by atoms with Crippen LogP contribution in [0.3, 0.4) is 0 Å². The number of aromatic nitrogens is 1. The lowest BCUT2D eigenvalue weighted by Gasteiger charge is -2.30. The molecule has 1 N–H and O–H groups in total. The molecule has 3 fully saturated rings. The van der Waals surface area contributed by atoms with Gasteiger partial charge in [0, 0.05) is 29.8 Å². The number of amides is 1. The monoisotopic (exact) mass is 485 g/mol. The van der Waals surface area contributed by atoms with E-state index >= 15 is 0 Å². The molecule has 2 heterocycles. The number of fused-ring (bicyclic) bond motifs is 1. The highest BCUT2D eigenvalue weighted by atomic mass is 16.5. The van der Waals surface area contributed by atoms with Crippen LogP contribution in [-0.2, 0) is 9.47 Å². The number of carbonyl (C=O) groups is 1. The summed E-state index contributed by atoms with van der Waals surface area (Å²) in [6.45, 7) is 1.84. The fraction of sp³-hybridized carbons (Fsp3) is 0.448. The van der Waals surface area contributed by atoms with Crippen molar-refractivity contribution in [2.24, 2.45) is 5.92 Å². The second kappa shape index (κ2) is 9.87. The van der Waals surface area contributed by atoms with Gasteiger partial charge in [0.1, 0.15) is 18.4 Å². The number of carbonyl (C=O) groups excluding carboxylic acids is 1. The number of rotatable bonds is 8. The van der Waals surface area contributed by atoms with Crippen LogP contribution < -0.4 is 10.1 Å². The first-order chi connectivity index (χ1) is 17.7. The molecule has 6 rings (SSSR count). The molecule has 1 amide bonds. The van der Waals surface area contributed by atoms with Gasteiger partial charge in [-0.25, -0.2) is 4.79 Å². The molecule has 7 nitrogen and oxygen atoms in total. The van der Waals surface area contributed by atoms with Crippen molar-refractivity contribution in [1.82, 2.24) is 4.57 Å². The molecule has 0 spiro atoms. The van der Waals surface area contributed by atoms with Crippen LogP contribution in [0.1, 0.15) is 56.6 Å². The summed E-state index contributed by atoms with van der Waals surface area (Å²) in [5, 5.41) is 13.9. The molecule has 1 atom stereocenters. The van der Waals surface area contributed by atoms with Crippen molar-refractivity contribution in [3.8, 4) is 23.1 Å². The van der Waals surface area contributed by atoms with Crippen molar-refractivity contribution in [3.63, 3.8) is 0 Å². The molecule has 1 saturated heterocycles. The van der Waals surface area contributed by atoms with E-state index in [2.05, 4.69) is 22.0 Å². The molecule has 186 valence electrons. The summed E-state index contributed by atoms with van der Waals surface area (Å²) in [6.07, 6.45) is 7.50. The average Bonchev–Trinajstić information content (AvgIpc) is 3.45. The van der Waals surface area contributed by atoms with Gasteiger partial charge in [0.2, 0.25) is 0 Å². The zero-order valence-corrected chi connectivity index (χ0v) is 20.4. The quantitative estimate of drug-likeness (QED) is 0.398. The average molecular weight is 486 g/mol. The van der Waals surface area contributed by atoms with Gasteiger partial charge in [-0.15, -0.1) is 0 Å². The number of nitriles is 1. The number of anilines is 1. The maximum Gasteiger partial charge on any atom is 0.411 e. The van der Waals surface area contributed by atoms with E-state index in [4.69, 9.17) is 14.2 Å². The SMILES string of the molecule is N#Cc1c(-c2ccc(NC(=O)OCC3CC3)cc2)n(C2CCC2)c2cc(OCC3CCCO3)ccc12. The molecule has 0 bridgehead atoms. The second-order valence-corrected chi connectivity index (χ2v) is 10.2. The Morgan fingerprint density at radius 3 is 2.56 bits per heavy atom. The van der Waals surface area contributed by atoms with E-state index < -0.39 is 6.09 Å². The van der Waals surface area contributed by atoms with E-state index in [1.807, 2.05) is 36.4 Å². The maximum atomic E-state index is 12.1. The van der Waals surface area contributed by atoms with Gasteiger partial charge in [-0.05, 0) is 80.7 Å². The van der Waals surface area contributed by atoms with E-state index in [-0.39, 0.29) is 6.10 Å². The molecule has 36 heavy (non-hydrogen) atoms. The van der Waals surface area contributed by atoms with Gasteiger partial charge in [-0.2, -0.15) is 5.26 Å². The summed E-state index contributed by atoms with van der Waals surface area (Å²) < 4.78 is 19.4. The normalized spacial score (nSPS) is 19.6. The molecule has 2 aliphatic carbocycles. The van der Waals surface area contributed by atoms with Crippen LogP contribution in [0, 0.1) is 17.2 Å². The Morgan fingerprint density at radius 2 is 1.89 bits per heavy atom. The first-order valence-electron chi connectivity index (χ1n) is 13.1. The van der Waals surface area contributed by atoms with Gasteiger partial charge in [0.25, 0.3) is 0 Å². The fourth-order valence-corrected chi connectivity index (χ4v) is 5.11. The highest BCUT2D eigenvalue weighted by Gasteiger charge is 2.28. The van der Waals surface area contributed by atoms with Crippen LogP contribution in [0.5, 0.6) is 5.75 Å². The third kappa shape index (κ3) is 4.66.